The maximum absolute atomic E-state index is 12.7. The van der Waals surface area contributed by atoms with Gasteiger partial charge in [0.1, 0.15) is 0 Å². The van der Waals surface area contributed by atoms with Gasteiger partial charge in [0.05, 0.1) is 28.9 Å². The number of benzene rings is 1. The molecule has 3 aromatic heterocycles. The van der Waals surface area contributed by atoms with E-state index in [9.17, 15) is 4.79 Å². The molecule has 0 unspecified atom stereocenters. The van der Waals surface area contributed by atoms with Gasteiger partial charge in [-0.3, -0.25) is 24.5 Å². The van der Waals surface area contributed by atoms with Crippen molar-refractivity contribution in [3.8, 4) is 10.7 Å². The highest BCUT2D eigenvalue weighted by molar-refractivity contribution is 7.71. The average Bonchev–Trinajstić information content (AvgIpc) is 3.44. The van der Waals surface area contributed by atoms with Crippen LogP contribution in [0.3, 0.4) is 0 Å². The lowest BCUT2D eigenvalue weighted by Gasteiger charge is -2.03. The van der Waals surface area contributed by atoms with E-state index in [1.807, 2.05) is 35.8 Å². The number of carbonyl (C=O) groups excluding carboxylic acids is 1. The number of aryl methyl sites for hydroxylation is 1. The second-order valence-electron chi connectivity index (χ2n) is 6.66. The lowest BCUT2D eigenvalue weighted by Crippen LogP contribution is -2.11. The second kappa shape index (κ2) is 8.96. The van der Waals surface area contributed by atoms with Crippen molar-refractivity contribution in [1.82, 2.24) is 29.5 Å². The second-order valence-corrected chi connectivity index (χ2v) is 8.45. The van der Waals surface area contributed by atoms with Crippen molar-refractivity contribution < 1.29 is 4.79 Å². The number of hydrogen-bond donors (Lipinski definition) is 2. The minimum absolute atomic E-state index is 0.296. The molecule has 0 aliphatic heterocycles. The molecule has 1 aromatic carbocycles. The van der Waals surface area contributed by atoms with Crippen LogP contribution in [0.1, 0.15) is 21.6 Å². The van der Waals surface area contributed by atoms with E-state index >= 15 is 0 Å². The standard InChI is InChI=1S/C20H18ClN7OS2/c1-3-8-28-17(25-26-20(28)30)16-12(2)23-19(31-16)24-18(29)14-9-22-27(11-14)10-13-6-4-5-7-15(13)21/h3-7,9,11H,1,8,10H2,2H3,(H,26,30)(H,23,24,29). The van der Waals surface area contributed by atoms with Crippen molar-refractivity contribution >= 4 is 46.2 Å². The Kier molecular flexibility index (Phi) is 6.12. The molecule has 0 fully saturated rings. The molecule has 31 heavy (non-hydrogen) atoms. The predicted octanol–water partition coefficient (Wildman–Crippen LogP) is 4.71. The van der Waals surface area contributed by atoms with E-state index in [-0.39, 0.29) is 5.91 Å². The van der Waals surface area contributed by atoms with Gasteiger partial charge in [0.25, 0.3) is 5.91 Å². The molecule has 0 radical (unpaired) electrons. The number of nitrogens with zero attached hydrogens (tertiary/aromatic N) is 5. The Labute approximate surface area is 192 Å². The molecular weight excluding hydrogens is 454 g/mol. The van der Waals surface area contributed by atoms with Gasteiger partial charge in [0.15, 0.2) is 15.7 Å². The van der Waals surface area contributed by atoms with Crippen LogP contribution in [-0.4, -0.2) is 35.4 Å². The highest BCUT2D eigenvalue weighted by Gasteiger charge is 2.18. The highest BCUT2D eigenvalue weighted by Crippen LogP contribution is 2.32. The van der Waals surface area contributed by atoms with Crippen LogP contribution in [0.25, 0.3) is 10.7 Å². The SMILES string of the molecule is C=CCn1c(-c2sc(NC(=O)c3cnn(Cc4ccccc4Cl)c3)nc2C)n[nH]c1=S. The smallest absolute Gasteiger partial charge is 0.260 e. The van der Waals surface area contributed by atoms with Crippen LogP contribution in [-0.2, 0) is 13.1 Å². The number of carbonyl (C=O) groups is 1. The summed E-state index contributed by atoms with van der Waals surface area (Å²) in [4.78, 5) is 18.0. The van der Waals surface area contributed by atoms with Gasteiger partial charge in [-0.15, -0.1) is 6.58 Å². The topological polar surface area (TPSA) is 93.4 Å². The summed E-state index contributed by atoms with van der Waals surface area (Å²) in [7, 11) is 0. The Bertz CT molecular complexity index is 1320. The Morgan fingerprint density at radius 3 is 3.00 bits per heavy atom. The fourth-order valence-electron chi connectivity index (χ4n) is 2.98. The van der Waals surface area contributed by atoms with Crippen molar-refractivity contribution in [2.24, 2.45) is 0 Å². The molecule has 0 spiro atoms. The molecule has 8 nitrogen and oxygen atoms in total. The number of H-pyrrole nitrogens is 1. The Hall–Kier alpha value is -3.08. The van der Waals surface area contributed by atoms with E-state index in [0.717, 1.165) is 16.1 Å². The lowest BCUT2D eigenvalue weighted by molar-refractivity contribution is 0.102. The number of halogens is 1. The average molecular weight is 472 g/mol. The molecule has 11 heteroatoms. The van der Waals surface area contributed by atoms with Crippen LogP contribution in [0.15, 0.2) is 49.3 Å². The van der Waals surface area contributed by atoms with Crippen molar-refractivity contribution in [3.05, 3.63) is 75.9 Å². The monoisotopic (exact) mass is 471 g/mol. The summed E-state index contributed by atoms with van der Waals surface area (Å²) < 4.78 is 3.99. The van der Waals surface area contributed by atoms with E-state index in [2.05, 4.69) is 32.2 Å². The molecule has 0 aliphatic rings. The Balaban J connectivity index is 1.51. The number of rotatable bonds is 7. The summed E-state index contributed by atoms with van der Waals surface area (Å²) in [6.07, 6.45) is 4.94. The molecule has 158 valence electrons. The van der Waals surface area contributed by atoms with Gasteiger partial charge in [-0.25, -0.2) is 4.98 Å². The first-order valence-corrected chi connectivity index (χ1v) is 10.9. The Morgan fingerprint density at radius 2 is 2.23 bits per heavy atom. The van der Waals surface area contributed by atoms with E-state index in [4.69, 9.17) is 23.8 Å². The summed E-state index contributed by atoms with van der Waals surface area (Å²) in [6.45, 7) is 6.61. The zero-order valence-electron chi connectivity index (χ0n) is 16.5. The maximum Gasteiger partial charge on any atom is 0.260 e. The van der Waals surface area contributed by atoms with Crippen LogP contribution in [0, 0.1) is 11.7 Å². The van der Waals surface area contributed by atoms with Gasteiger partial charge >= 0.3 is 0 Å². The van der Waals surface area contributed by atoms with Gasteiger partial charge in [-0.1, -0.05) is 47.2 Å². The molecule has 4 aromatic rings. The third kappa shape index (κ3) is 4.50. The van der Waals surface area contributed by atoms with Crippen LogP contribution in [0.5, 0.6) is 0 Å². The zero-order valence-corrected chi connectivity index (χ0v) is 18.9. The largest absolute Gasteiger partial charge is 0.298 e. The molecule has 0 atom stereocenters. The molecule has 0 bridgehead atoms. The lowest BCUT2D eigenvalue weighted by atomic mass is 10.2. The van der Waals surface area contributed by atoms with Gasteiger partial charge in [0, 0.05) is 17.8 Å². The predicted molar refractivity (Wildman–Crippen MR) is 124 cm³/mol. The first kappa shape index (κ1) is 21.2. The minimum Gasteiger partial charge on any atom is -0.298 e. The van der Waals surface area contributed by atoms with Crippen molar-refractivity contribution in [1.29, 1.82) is 0 Å². The van der Waals surface area contributed by atoms with Crippen molar-refractivity contribution in [2.75, 3.05) is 5.32 Å². The first-order chi connectivity index (χ1) is 15.0. The number of thiazole rings is 1. The molecule has 4 rings (SSSR count). The summed E-state index contributed by atoms with van der Waals surface area (Å²) in [5, 5.41) is 15.3. The van der Waals surface area contributed by atoms with E-state index in [0.29, 0.717) is 39.4 Å². The van der Waals surface area contributed by atoms with Gasteiger partial charge < -0.3 is 0 Å². The third-order valence-electron chi connectivity index (χ3n) is 4.48. The summed E-state index contributed by atoms with van der Waals surface area (Å²) in [5.74, 6) is 0.364. The van der Waals surface area contributed by atoms with Crippen molar-refractivity contribution in [3.63, 3.8) is 0 Å². The van der Waals surface area contributed by atoms with Gasteiger partial charge in [-0.2, -0.15) is 10.2 Å². The number of nitrogens with one attached hydrogen (secondary N) is 2. The summed E-state index contributed by atoms with van der Waals surface area (Å²) >= 11 is 12.8. The molecular formula is C20H18ClN7OS2. The molecule has 2 N–H and O–H groups in total. The Morgan fingerprint density at radius 1 is 1.42 bits per heavy atom. The highest BCUT2D eigenvalue weighted by atomic mass is 35.5. The molecule has 0 aliphatic carbocycles. The summed E-state index contributed by atoms with van der Waals surface area (Å²) in [6, 6.07) is 7.53. The zero-order chi connectivity index (χ0) is 22.0. The van der Waals surface area contributed by atoms with Crippen LogP contribution in [0.4, 0.5) is 5.13 Å². The minimum atomic E-state index is -0.296. The van der Waals surface area contributed by atoms with E-state index in [1.54, 1.807) is 17.0 Å². The fourth-order valence-corrected chi connectivity index (χ4v) is 4.35. The molecule has 0 saturated carbocycles. The van der Waals surface area contributed by atoms with E-state index in [1.165, 1.54) is 17.5 Å². The van der Waals surface area contributed by atoms with Crippen LogP contribution in [0.2, 0.25) is 5.02 Å². The third-order valence-corrected chi connectivity index (χ3v) is 6.22. The normalized spacial score (nSPS) is 10.9. The molecule has 3 heterocycles. The number of anilines is 1. The number of aromatic amines is 1. The number of amides is 1. The van der Waals surface area contributed by atoms with E-state index < -0.39 is 0 Å². The van der Waals surface area contributed by atoms with Crippen LogP contribution < -0.4 is 5.32 Å². The number of allylic oxidation sites excluding steroid dienone is 1. The quantitative estimate of drug-likeness (QED) is 0.301. The summed E-state index contributed by atoms with van der Waals surface area (Å²) in [5.41, 5.74) is 2.09. The van der Waals surface area contributed by atoms with Crippen LogP contribution >= 0.6 is 35.2 Å². The number of aromatic nitrogens is 6. The number of hydrogen-bond acceptors (Lipinski definition) is 6. The fraction of sp³-hybridized carbons (Fsp3) is 0.150. The first-order valence-electron chi connectivity index (χ1n) is 9.27. The van der Waals surface area contributed by atoms with Gasteiger partial charge in [-0.05, 0) is 30.8 Å². The molecule has 1 amide bonds. The maximum atomic E-state index is 12.7. The molecule has 0 saturated heterocycles. The van der Waals surface area contributed by atoms with Gasteiger partial charge in [0.2, 0.25) is 0 Å². The van der Waals surface area contributed by atoms with Crippen molar-refractivity contribution in [2.45, 2.75) is 20.0 Å².